The topological polar surface area (TPSA) is 74.0 Å². The predicted molar refractivity (Wildman–Crippen MR) is 48.3 cm³/mol. The lowest BCUT2D eigenvalue weighted by atomic mass is 10.2. The second-order valence-electron chi connectivity index (χ2n) is 2.49. The summed E-state index contributed by atoms with van der Waals surface area (Å²) >= 11 is 0. The molecule has 0 aromatic carbocycles. The molecular formula is C10H5FN2O2. The Bertz CT molecular complexity index is 494. The van der Waals surface area contributed by atoms with Crippen LogP contribution in [-0.4, -0.2) is 16.1 Å². The van der Waals surface area contributed by atoms with E-state index in [0.717, 1.165) is 12.3 Å². The number of nitrogens with zero attached hydrogens (tertiary/aromatic N) is 2. The van der Waals surface area contributed by atoms with Gasteiger partial charge in [0.1, 0.15) is 5.69 Å². The van der Waals surface area contributed by atoms with Crippen LogP contribution < -0.4 is 0 Å². The second kappa shape index (κ2) is 4.73. The highest BCUT2D eigenvalue weighted by Crippen LogP contribution is 2.06. The number of nitriles is 1. The lowest BCUT2D eigenvalue weighted by Crippen LogP contribution is -2.02. The number of hydrogen-bond donors (Lipinski definition) is 1. The van der Waals surface area contributed by atoms with Crippen molar-refractivity contribution in [1.82, 2.24) is 4.98 Å². The van der Waals surface area contributed by atoms with Gasteiger partial charge < -0.3 is 5.11 Å². The van der Waals surface area contributed by atoms with Crippen LogP contribution in [0.2, 0.25) is 0 Å². The van der Waals surface area contributed by atoms with Crippen molar-refractivity contribution in [2.75, 3.05) is 0 Å². The molecule has 1 heterocycles. The van der Waals surface area contributed by atoms with Crippen LogP contribution in [0.1, 0.15) is 22.5 Å². The number of aromatic carboxylic acids is 1. The van der Waals surface area contributed by atoms with Gasteiger partial charge in [0.05, 0.1) is 24.3 Å². The Hall–Kier alpha value is -2.40. The molecule has 0 bridgehead atoms. The minimum atomic E-state index is -1.38. The van der Waals surface area contributed by atoms with Crippen molar-refractivity contribution >= 4 is 5.97 Å². The van der Waals surface area contributed by atoms with E-state index in [9.17, 15) is 9.18 Å². The van der Waals surface area contributed by atoms with Crippen LogP contribution in [-0.2, 0) is 0 Å². The summed E-state index contributed by atoms with van der Waals surface area (Å²) in [5.41, 5.74) is -0.352. The van der Waals surface area contributed by atoms with Crippen LogP contribution >= 0.6 is 0 Å². The first kappa shape index (κ1) is 10.7. The summed E-state index contributed by atoms with van der Waals surface area (Å²) in [5, 5.41) is 16.8. The van der Waals surface area contributed by atoms with Gasteiger partial charge in [-0.1, -0.05) is 5.92 Å². The van der Waals surface area contributed by atoms with Crippen molar-refractivity contribution < 1.29 is 14.3 Å². The van der Waals surface area contributed by atoms with Gasteiger partial charge in [-0.05, 0) is 12.0 Å². The zero-order valence-electron chi connectivity index (χ0n) is 7.49. The molecule has 0 amide bonds. The number of carboxylic acid groups (broad SMARTS) is 1. The third-order valence-corrected chi connectivity index (χ3v) is 1.47. The molecule has 0 saturated heterocycles. The molecule has 0 unspecified atom stereocenters. The van der Waals surface area contributed by atoms with Gasteiger partial charge in [0.15, 0.2) is 5.82 Å². The van der Waals surface area contributed by atoms with Gasteiger partial charge in [-0.15, -0.1) is 0 Å². The number of carbonyl (C=O) groups is 1. The van der Waals surface area contributed by atoms with Crippen LogP contribution in [0.25, 0.3) is 0 Å². The minimum Gasteiger partial charge on any atom is -0.478 e. The van der Waals surface area contributed by atoms with Gasteiger partial charge in [0.2, 0.25) is 0 Å². The summed E-state index contributed by atoms with van der Waals surface area (Å²) in [4.78, 5) is 14.1. The average Bonchev–Trinajstić information content (AvgIpc) is 2.20. The molecule has 1 aromatic rings. The van der Waals surface area contributed by atoms with Crippen molar-refractivity contribution in [2.24, 2.45) is 0 Å². The molecule has 0 fully saturated rings. The van der Waals surface area contributed by atoms with Crippen LogP contribution in [0.5, 0.6) is 0 Å². The maximum Gasteiger partial charge on any atom is 0.338 e. The highest BCUT2D eigenvalue weighted by atomic mass is 19.1. The monoisotopic (exact) mass is 204 g/mol. The van der Waals surface area contributed by atoms with Gasteiger partial charge in [-0.3, -0.25) is 0 Å². The van der Waals surface area contributed by atoms with Crippen LogP contribution in [0.15, 0.2) is 12.3 Å². The molecule has 0 aliphatic rings. The molecule has 1 aromatic heterocycles. The second-order valence-corrected chi connectivity index (χ2v) is 2.49. The summed E-state index contributed by atoms with van der Waals surface area (Å²) in [7, 11) is 0. The number of hydrogen-bond acceptors (Lipinski definition) is 3. The Labute approximate surface area is 85.0 Å². The average molecular weight is 204 g/mol. The maximum absolute atomic E-state index is 12.9. The molecule has 74 valence electrons. The molecule has 1 N–H and O–H groups in total. The van der Waals surface area contributed by atoms with E-state index < -0.39 is 17.3 Å². The van der Waals surface area contributed by atoms with Crippen molar-refractivity contribution in [1.29, 1.82) is 5.26 Å². The van der Waals surface area contributed by atoms with Crippen molar-refractivity contribution in [3.8, 4) is 17.9 Å². The van der Waals surface area contributed by atoms with Crippen molar-refractivity contribution in [2.45, 2.75) is 6.42 Å². The Kier molecular flexibility index (Phi) is 3.37. The number of halogens is 1. The number of rotatable bonds is 1. The lowest BCUT2D eigenvalue weighted by molar-refractivity contribution is 0.0691. The molecule has 5 heteroatoms. The summed E-state index contributed by atoms with van der Waals surface area (Å²) in [6, 6.07) is 2.82. The van der Waals surface area contributed by atoms with Crippen molar-refractivity contribution in [3.05, 3.63) is 29.3 Å². The third kappa shape index (κ3) is 2.78. The summed E-state index contributed by atoms with van der Waals surface area (Å²) in [6.45, 7) is 0. The van der Waals surface area contributed by atoms with E-state index in [1.54, 1.807) is 6.07 Å². The lowest BCUT2D eigenvalue weighted by Gasteiger charge is -1.96. The quantitative estimate of drug-likeness (QED) is 0.697. The zero-order chi connectivity index (χ0) is 11.3. The highest BCUT2D eigenvalue weighted by molar-refractivity contribution is 5.88. The first-order valence-electron chi connectivity index (χ1n) is 3.90. The smallest absolute Gasteiger partial charge is 0.338 e. The Morgan fingerprint density at radius 2 is 2.40 bits per heavy atom. The SMILES string of the molecule is N#CCC#Cc1cc(C(=O)O)c(F)cn1. The number of aromatic nitrogens is 1. The van der Waals surface area contributed by atoms with E-state index in [1.165, 1.54) is 0 Å². The first-order chi connectivity index (χ1) is 7.15. The van der Waals surface area contributed by atoms with E-state index in [4.69, 9.17) is 10.4 Å². The van der Waals surface area contributed by atoms with Gasteiger partial charge in [-0.2, -0.15) is 5.26 Å². The normalized spacial score (nSPS) is 8.53. The number of pyridine rings is 1. The fourth-order valence-corrected chi connectivity index (χ4v) is 0.845. The Morgan fingerprint density at radius 3 is 3.00 bits per heavy atom. The molecule has 0 spiro atoms. The van der Waals surface area contributed by atoms with Crippen LogP contribution in [0, 0.1) is 29.0 Å². The van der Waals surface area contributed by atoms with Crippen molar-refractivity contribution in [3.63, 3.8) is 0 Å². The van der Waals surface area contributed by atoms with Gasteiger partial charge >= 0.3 is 5.97 Å². The van der Waals surface area contributed by atoms with E-state index in [2.05, 4.69) is 16.8 Å². The molecule has 1 rings (SSSR count). The third-order valence-electron chi connectivity index (χ3n) is 1.47. The fraction of sp³-hybridized carbons (Fsp3) is 0.100. The van der Waals surface area contributed by atoms with E-state index >= 15 is 0 Å². The Morgan fingerprint density at radius 1 is 1.67 bits per heavy atom. The maximum atomic E-state index is 12.9. The molecule has 15 heavy (non-hydrogen) atoms. The molecule has 0 aliphatic carbocycles. The molecule has 4 nitrogen and oxygen atoms in total. The van der Waals surface area contributed by atoms with Crippen LogP contribution in [0.3, 0.4) is 0 Å². The summed E-state index contributed by atoms with van der Waals surface area (Å²) in [5.74, 6) is 2.62. The van der Waals surface area contributed by atoms with Gasteiger partial charge in [0.25, 0.3) is 0 Å². The first-order valence-corrected chi connectivity index (χ1v) is 3.90. The summed E-state index contributed by atoms with van der Waals surface area (Å²) in [6.07, 6.45) is 0.807. The van der Waals surface area contributed by atoms with Crippen LogP contribution in [0.4, 0.5) is 4.39 Å². The number of carboxylic acids is 1. The minimum absolute atomic E-state index is 0.0153. The fourth-order valence-electron chi connectivity index (χ4n) is 0.845. The van der Waals surface area contributed by atoms with Gasteiger partial charge in [0, 0.05) is 0 Å². The van der Waals surface area contributed by atoms with Gasteiger partial charge in [-0.25, -0.2) is 14.2 Å². The standard InChI is InChI=1S/C10H5FN2O2/c11-9-6-13-7(3-1-2-4-12)5-8(9)10(14)15/h5-6H,2H2,(H,14,15). The molecule has 0 atom stereocenters. The molecule has 0 radical (unpaired) electrons. The van der Waals surface area contributed by atoms with E-state index in [0.29, 0.717) is 0 Å². The highest BCUT2D eigenvalue weighted by Gasteiger charge is 2.10. The largest absolute Gasteiger partial charge is 0.478 e. The zero-order valence-corrected chi connectivity index (χ0v) is 7.49. The molecule has 0 saturated carbocycles. The molecule has 0 aliphatic heterocycles. The molecular weight excluding hydrogens is 199 g/mol. The predicted octanol–water partition coefficient (Wildman–Crippen LogP) is 1.18. The Balaban J connectivity index is 3.05. The van der Waals surface area contributed by atoms with E-state index in [-0.39, 0.29) is 12.1 Å². The summed E-state index contributed by atoms with van der Waals surface area (Å²) < 4.78 is 12.9. The van der Waals surface area contributed by atoms with E-state index in [1.807, 2.05) is 0 Å².